The number of rotatable bonds is 6. The first-order valence-electron chi connectivity index (χ1n) is 10.4. The van der Waals surface area contributed by atoms with E-state index in [1.807, 2.05) is 5.51 Å². The Hall–Kier alpha value is -2.24. The Kier molecular flexibility index (Phi) is 4.65. The van der Waals surface area contributed by atoms with Gasteiger partial charge in [0.05, 0.1) is 0 Å². The third-order valence-corrected chi connectivity index (χ3v) is 6.99. The number of nitrogens with zero attached hydrogens (tertiary/aromatic N) is 4. The molecule has 0 unspecified atom stereocenters. The average molecular weight is 391 g/mol. The minimum atomic E-state index is 0.999. The molecule has 0 N–H and O–H groups in total. The van der Waals surface area contributed by atoms with Crippen LogP contribution in [0.3, 0.4) is 0 Å². The molecule has 0 fully saturated rings. The van der Waals surface area contributed by atoms with Gasteiger partial charge in [0.25, 0.3) is 0 Å². The lowest BCUT2D eigenvalue weighted by molar-refractivity contribution is 0.293. The van der Waals surface area contributed by atoms with Gasteiger partial charge in [-0.1, -0.05) is 31.3 Å². The molecular formula is C23H26N4S. The Morgan fingerprint density at radius 3 is 2.71 bits per heavy atom. The van der Waals surface area contributed by atoms with Crippen molar-refractivity contribution < 1.29 is 0 Å². The van der Waals surface area contributed by atoms with Crippen molar-refractivity contribution in [3.8, 4) is 10.6 Å². The van der Waals surface area contributed by atoms with Crippen LogP contribution in [0.5, 0.6) is 0 Å². The molecule has 2 aromatic heterocycles. The third-order valence-electron chi connectivity index (χ3n) is 6.25. The molecule has 0 spiro atoms. The van der Waals surface area contributed by atoms with E-state index in [2.05, 4.69) is 63.8 Å². The summed E-state index contributed by atoms with van der Waals surface area (Å²) in [5, 5.41) is 12.2. The van der Waals surface area contributed by atoms with Crippen LogP contribution in [0.1, 0.15) is 31.4 Å². The van der Waals surface area contributed by atoms with Gasteiger partial charge in [0, 0.05) is 40.5 Å². The van der Waals surface area contributed by atoms with E-state index in [1.54, 1.807) is 16.9 Å². The van der Waals surface area contributed by atoms with Crippen LogP contribution in [0.25, 0.3) is 32.4 Å². The van der Waals surface area contributed by atoms with Crippen LogP contribution in [-0.2, 0) is 19.4 Å². The zero-order chi connectivity index (χ0) is 19.1. The van der Waals surface area contributed by atoms with E-state index in [0.29, 0.717) is 0 Å². The minimum Gasteiger partial charge on any atom is -0.339 e. The fraction of sp³-hybridized carbons (Fsp3) is 0.391. The second-order valence-corrected chi connectivity index (χ2v) is 8.44. The number of benzene rings is 2. The van der Waals surface area contributed by atoms with Crippen molar-refractivity contribution in [2.75, 3.05) is 19.6 Å². The van der Waals surface area contributed by atoms with Crippen LogP contribution in [-0.4, -0.2) is 39.3 Å². The number of aryl methyl sites for hydroxylation is 2. The van der Waals surface area contributed by atoms with Gasteiger partial charge in [-0.3, -0.25) is 0 Å². The predicted molar refractivity (Wildman–Crippen MR) is 118 cm³/mol. The first-order valence-corrected chi connectivity index (χ1v) is 11.2. The maximum Gasteiger partial charge on any atom is 0.147 e. The molecule has 28 heavy (non-hydrogen) atoms. The number of hydrogen-bond donors (Lipinski definition) is 0. The molecule has 0 atom stereocenters. The summed E-state index contributed by atoms with van der Waals surface area (Å²) in [5.41, 5.74) is 8.82. The van der Waals surface area contributed by atoms with E-state index < -0.39 is 0 Å². The Bertz CT molecular complexity index is 1120. The molecule has 0 aliphatic heterocycles. The largest absolute Gasteiger partial charge is 0.339 e. The monoisotopic (exact) mass is 390 g/mol. The van der Waals surface area contributed by atoms with Crippen LogP contribution in [0, 0.1) is 0 Å². The van der Waals surface area contributed by atoms with E-state index in [1.165, 1.54) is 52.2 Å². The number of hydrogen-bond acceptors (Lipinski definition) is 4. The van der Waals surface area contributed by atoms with Gasteiger partial charge in [-0.15, -0.1) is 10.2 Å². The van der Waals surface area contributed by atoms with Crippen LogP contribution in [0.4, 0.5) is 0 Å². The smallest absolute Gasteiger partial charge is 0.147 e. The molecule has 2 aromatic carbocycles. The molecule has 4 aromatic rings. The zero-order valence-electron chi connectivity index (χ0n) is 16.6. The predicted octanol–water partition coefficient (Wildman–Crippen LogP) is 5.14. The highest BCUT2D eigenvalue weighted by Crippen LogP contribution is 2.38. The van der Waals surface area contributed by atoms with Gasteiger partial charge in [-0.05, 0) is 67.7 Å². The highest BCUT2D eigenvalue weighted by atomic mass is 32.1. The van der Waals surface area contributed by atoms with Crippen molar-refractivity contribution in [2.24, 2.45) is 0 Å². The Morgan fingerprint density at radius 2 is 1.93 bits per heavy atom. The van der Waals surface area contributed by atoms with Gasteiger partial charge < -0.3 is 9.47 Å². The first-order chi connectivity index (χ1) is 13.8. The molecule has 0 saturated heterocycles. The first kappa shape index (κ1) is 17.8. The second kappa shape index (κ2) is 7.30. The number of likely N-dealkylation sites (N-methyl/N-ethyl adjacent to an activating group) is 1. The van der Waals surface area contributed by atoms with E-state index in [4.69, 9.17) is 0 Å². The van der Waals surface area contributed by atoms with E-state index >= 15 is 0 Å². The van der Waals surface area contributed by atoms with Gasteiger partial charge in [-0.2, -0.15) is 0 Å². The zero-order valence-corrected chi connectivity index (χ0v) is 17.4. The molecular weight excluding hydrogens is 364 g/mol. The molecule has 0 amide bonds. The van der Waals surface area contributed by atoms with Crippen molar-refractivity contribution in [3.05, 3.63) is 47.0 Å². The standard InChI is InChI=1S/C23H26N4S/c1-3-26(4-2)12-13-27-20-10-9-17(23-25-24-15-28-23)14-19(20)22-18-7-5-6-16(18)8-11-21(22)27/h8-11,14-15H,3-7,12-13H2,1-2H3. The molecule has 0 saturated carbocycles. The summed E-state index contributed by atoms with van der Waals surface area (Å²) in [4.78, 5) is 2.50. The van der Waals surface area contributed by atoms with Crippen LogP contribution >= 0.6 is 11.3 Å². The average Bonchev–Trinajstić information content (AvgIpc) is 3.47. The topological polar surface area (TPSA) is 34.0 Å². The molecule has 5 heteroatoms. The molecule has 1 aliphatic rings. The summed E-state index contributed by atoms with van der Waals surface area (Å²) in [6, 6.07) is 11.5. The fourth-order valence-electron chi connectivity index (χ4n) is 4.73. The molecule has 4 nitrogen and oxygen atoms in total. The normalized spacial score (nSPS) is 13.8. The quantitative estimate of drug-likeness (QED) is 0.457. The van der Waals surface area contributed by atoms with Crippen molar-refractivity contribution >= 4 is 33.1 Å². The third kappa shape index (κ3) is 2.85. The summed E-state index contributed by atoms with van der Waals surface area (Å²) in [6.07, 6.45) is 3.69. The van der Waals surface area contributed by atoms with Gasteiger partial charge in [0.2, 0.25) is 0 Å². The highest BCUT2D eigenvalue weighted by molar-refractivity contribution is 7.12. The van der Waals surface area contributed by atoms with Crippen molar-refractivity contribution in [1.29, 1.82) is 0 Å². The summed E-state index contributed by atoms with van der Waals surface area (Å²) in [5.74, 6) is 0. The van der Waals surface area contributed by atoms with Crippen LogP contribution in [0.2, 0.25) is 0 Å². The molecule has 1 aliphatic carbocycles. The Balaban J connectivity index is 1.72. The second-order valence-electron chi connectivity index (χ2n) is 7.61. The molecule has 5 rings (SSSR count). The molecule has 0 radical (unpaired) electrons. The molecule has 144 valence electrons. The van der Waals surface area contributed by atoms with Crippen LogP contribution < -0.4 is 0 Å². The maximum absolute atomic E-state index is 4.29. The maximum atomic E-state index is 4.29. The lowest BCUT2D eigenvalue weighted by Gasteiger charge is -2.19. The number of aromatic nitrogens is 3. The fourth-order valence-corrected chi connectivity index (χ4v) is 5.29. The Morgan fingerprint density at radius 1 is 1.07 bits per heavy atom. The Labute approximate surface area is 169 Å². The van der Waals surface area contributed by atoms with Gasteiger partial charge >= 0.3 is 0 Å². The van der Waals surface area contributed by atoms with Gasteiger partial charge in [-0.25, -0.2) is 0 Å². The SMILES string of the molecule is CCN(CC)CCn1c2ccc(-c3nncs3)cc2c2c3c(ccc21)CCC3. The van der Waals surface area contributed by atoms with Gasteiger partial charge in [0.15, 0.2) is 0 Å². The molecule has 2 heterocycles. The van der Waals surface area contributed by atoms with Crippen LogP contribution in [0.15, 0.2) is 35.8 Å². The summed E-state index contributed by atoms with van der Waals surface area (Å²) in [7, 11) is 0. The van der Waals surface area contributed by atoms with E-state index in [9.17, 15) is 0 Å². The lowest BCUT2D eigenvalue weighted by atomic mass is 10.0. The lowest BCUT2D eigenvalue weighted by Crippen LogP contribution is -2.26. The van der Waals surface area contributed by atoms with Crippen molar-refractivity contribution in [1.82, 2.24) is 19.7 Å². The van der Waals surface area contributed by atoms with E-state index in [0.717, 1.165) is 31.2 Å². The summed E-state index contributed by atoms with van der Waals surface area (Å²) >= 11 is 1.61. The summed E-state index contributed by atoms with van der Waals surface area (Å²) in [6.45, 7) is 8.81. The van der Waals surface area contributed by atoms with Crippen molar-refractivity contribution in [3.63, 3.8) is 0 Å². The molecule has 0 bridgehead atoms. The number of fused-ring (bicyclic) bond motifs is 5. The van der Waals surface area contributed by atoms with Gasteiger partial charge in [0.1, 0.15) is 10.5 Å². The minimum absolute atomic E-state index is 0.999. The van der Waals surface area contributed by atoms with E-state index in [-0.39, 0.29) is 0 Å². The highest BCUT2D eigenvalue weighted by Gasteiger charge is 2.20. The summed E-state index contributed by atoms with van der Waals surface area (Å²) < 4.78 is 2.53. The van der Waals surface area contributed by atoms with Crippen molar-refractivity contribution in [2.45, 2.75) is 39.7 Å².